The van der Waals surface area contributed by atoms with Crippen LogP contribution in [0.4, 0.5) is 0 Å². The highest BCUT2D eigenvalue weighted by molar-refractivity contribution is 5.72. The van der Waals surface area contributed by atoms with Gasteiger partial charge in [-0.1, -0.05) is 116 Å². The zero-order valence-electron chi connectivity index (χ0n) is 23.7. The minimum Gasteiger partial charge on any atom is -0.425 e. The molecule has 0 bridgehead atoms. The number of hydrogen-bond acceptors (Lipinski definition) is 5. The second-order valence-electron chi connectivity index (χ2n) is 12.1. The molecule has 0 saturated heterocycles. The molecule has 0 aromatic heterocycles. The van der Waals surface area contributed by atoms with Crippen LogP contribution in [0.15, 0.2) is 60.7 Å². The lowest BCUT2D eigenvalue weighted by atomic mass is 9.66. The van der Waals surface area contributed by atoms with Crippen LogP contribution in [0.3, 0.4) is 0 Å². The van der Waals surface area contributed by atoms with Crippen molar-refractivity contribution in [2.24, 2.45) is 22.7 Å². The van der Waals surface area contributed by atoms with Crippen molar-refractivity contribution in [1.29, 1.82) is 0 Å². The average Bonchev–Trinajstić information content (AvgIpc) is 2.81. The van der Waals surface area contributed by atoms with Crippen molar-refractivity contribution in [2.75, 3.05) is 0 Å². The van der Waals surface area contributed by atoms with Crippen LogP contribution in [0.25, 0.3) is 0 Å². The van der Waals surface area contributed by atoms with E-state index in [4.69, 9.17) is 9.47 Å². The van der Waals surface area contributed by atoms with E-state index >= 15 is 0 Å². The average molecular weight is 511 g/mol. The first-order valence-corrected chi connectivity index (χ1v) is 13.5. The third kappa shape index (κ3) is 9.96. The maximum Gasteiger partial charge on any atom is 0.309 e. The second-order valence-corrected chi connectivity index (χ2v) is 12.1. The number of ether oxygens (including phenoxy) is 2. The van der Waals surface area contributed by atoms with E-state index in [1.165, 1.54) is 0 Å². The van der Waals surface area contributed by atoms with Crippen molar-refractivity contribution < 1.29 is 24.2 Å². The van der Waals surface area contributed by atoms with Crippen molar-refractivity contribution >= 4 is 11.9 Å². The highest BCUT2D eigenvalue weighted by Crippen LogP contribution is 2.42. The minimum atomic E-state index is -1.18. The van der Waals surface area contributed by atoms with E-state index in [2.05, 4.69) is 20.8 Å². The Labute approximate surface area is 223 Å². The Kier molecular flexibility index (Phi) is 11.4. The molecular weight excluding hydrogens is 464 g/mol. The van der Waals surface area contributed by atoms with Crippen LogP contribution in [0, 0.1) is 22.7 Å². The summed E-state index contributed by atoms with van der Waals surface area (Å²) in [4.78, 5) is 26.0. The first-order valence-electron chi connectivity index (χ1n) is 13.5. The fraction of sp³-hybridized carbons (Fsp3) is 0.562. The summed E-state index contributed by atoms with van der Waals surface area (Å²) in [7, 11) is 0. The predicted octanol–water partition coefficient (Wildman–Crippen LogP) is 6.76. The van der Waals surface area contributed by atoms with Crippen molar-refractivity contribution in [3.05, 3.63) is 71.8 Å². The Hall–Kier alpha value is -2.66. The van der Waals surface area contributed by atoms with E-state index in [0.717, 1.165) is 17.5 Å². The van der Waals surface area contributed by atoms with E-state index in [1.54, 1.807) is 0 Å². The van der Waals surface area contributed by atoms with Crippen LogP contribution in [0.2, 0.25) is 0 Å². The van der Waals surface area contributed by atoms with Gasteiger partial charge in [0.15, 0.2) is 0 Å². The normalized spacial score (nSPS) is 14.6. The van der Waals surface area contributed by atoms with Crippen LogP contribution < -0.4 is 0 Å². The number of aliphatic hydroxyl groups excluding tert-OH is 1. The van der Waals surface area contributed by atoms with Crippen molar-refractivity contribution in [1.82, 2.24) is 0 Å². The van der Waals surface area contributed by atoms with Gasteiger partial charge in [0.2, 0.25) is 0 Å². The lowest BCUT2D eigenvalue weighted by molar-refractivity contribution is -0.221. The highest BCUT2D eigenvalue weighted by atomic mass is 16.7. The van der Waals surface area contributed by atoms with Crippen LogP contribution in [0.1, 0.15) is 78.9 Å². The van der Waals surface area contributed by atoms with Crippen LogP contribution in [-0.4, -0.2) is 29.4 Å². The second kappa shape index (κ2) is 13.8. The number of aryl methyl sites for hydroxylation is 2. The standard InChI is InChI=1S/C32H46O5/c1-8-25(31(2,3)4)29(35)28(32(5,6)7)30(36-26(33)21-19-23-15-11-9-12-16-23)37-27(34)22-20-24-17-13-10-14-18-24/h9-18,25,28-30,35H,8,19-22H2,1-7H3. The molecule has 1 N–H and O–H groups in total. The Morgan fingerprint density at radius 1 is 0.730 bits per heavy atom. The molecule has 0 spiro atoms. The van der Waals surface area contributed by atoms with Gasteiger partial charge in [-0.2, -0.15) is 0 Å². The molecule has 0 aliphatic carbocycles. The molecule has 5 heteroatoms. The maximum atomic E-state index is 13.0. The van der Waals surface area contributed by atoms with Gasteiger partial charge in [0.05, 0.1) is 12.0 Å². The van der Waals surface area contributed by atoms with Crippen molar-refractivity contribution in [3.63, 3.8) is 0 Å². The van der Waals surface area contributed by atoms with Crippen molar-refractivity contribution in [3.8, 4) is 0 Å². The number of esters is 2. The summed E-state index contributed by atoms with van der Waals surface area (Å²) in [6, 6.07) is 19.4. The molecule has 2 rings (SSSR count). The molecule has 0 aliphatic heterocycles. The SMILES string of the molecule is CCC(C(O)C(C(OC(=O)CCc1ccccc1)OC(=O)CCc1ccccc1)C(C)(C)C)C(C)(C)C. The molecule has 0 heterocycles. The lowest BCUT2D eigenvalue weighted by Crippen LogP contribution is -2.50. The molecule has 2 aromatic carbocycles. The molecule has 0 fully saturated rings. The minimum absolute atomic E-state index is 0.0785. The molecule has 0 saturated carbocycles. The Bertz CT molecular complexity index is 899. The molecule has 204 valence electrons. The van der Waals surface area contributed by atoms with E-state index in [1.807, 2.05) is 88.4 Å². The van der Waals surface area contributed by atoms with Gasteiger partial charge in [0.1, 0.15) is 0 Å². The van der Waals surface area contributed by atoms with Gasteiger partial charge in [0.25, 0.3) is 6.29 Å². The summed E-state index contributed by atoms with van der Waals surface area (Å²) >= 11 is 0. The van der Waals surface area contributed by atoms with Gasteiger partial charge in [0, 0.05) is 12.8 Å². The van der Waals surface area contributed by atoms with Crippen LogP contribution in [-0.2, 0) is 31.9 Å². The summed E-state index contributed by atoms with van der Waals surface area (Å²) in [6.45, 7) is 14.3. The summed E-state index contributed by atoms with van der Waals surface area (Å²) in [5.41, 5.74) is 1.38. The Morgan fingerprint density at radius 2 is 1.14 bits per heavy atom. The number of benzene rings is 2. The topological polar surface area (TPSA) is 72.8 Å². The van der Waals surface area contributed by atoms with Gasteiger partial charge < -0.3 is 14.6 Å². The Balaban J connectivity index is 2.26. The van der Waals surface area contributed by atoms with Crippen LogP contribution >= 0.6 is 0 Å². The monoisotopic (exact) mass is 510 g/mol. The van der Waals surface area contributed by atoms with E-state index in [9.17, 15) is 14.7 Å². The molecule has 0 amide bonds. The molecule has 0 aliphatic rings. The summed E-state index contributed by atoms with van der Waals surface area (Å²) < 4.78 is 11.7. The van der Waals surface area contributed by atoms with Gasteiger partial charge in [-0.3, -0.25) is 9.59 Å². The molecular formula is C32H46O5. The van der Waals surface area contributed by atoms with Crippen molar-refractivity contribution in [2.45, 2.75) is 93.0 Å². The maximum absolute atomic E-state index is 13.0. The quantitative estimate of drug-likeness (QED) is 0.252. The first-order chi connectivity index (χ1) is 17.3. The zero-order chi connectivity index (χ0) is 27.6. The number of aliphatic hydroxyl groups is 1. The molecule has 5 nitrogen and oxygen atoms in total. The van der Waals surface area contributed by atoms with Crippen LogP contribution in [0.5, 0.6) is 0 Å². The molecule has 0 radical (unpaired) electrons. The van der Waals surface area contributed by atoms with Gasteiger partial charge >= 0.3 is 11.9 Å². The number of carbonyl (C=O) groups is 2. The van der Waals surface area contributed by atoms with E-state index in [-0.39, 0.29) is 24.2 Å². The van der Waals surface area contributed by atoms with Gasteiger partial charge in [-0.05, 0) is 40.7 Å². The molecule has 3 atom stereocenters. The Morgan fingerprint density at radius 3 is 1.46 bits per heavy atom. The summed E-state index contributed by atoms with van der Waals surface area (Å²) in [5.74, 6) is -1.58. The van der Waals surface area contributed by atoms with Gasteiger partial charge in [-0.15, -0.1) is 0 Å². The first kappa shape index (κ1) is 30.6. The summed E-state index contributed by atoms with van der Waals surface area (Å²) in [6.07, 6.45) is 0.0925. The number of rotatable bonds is 12. The fourth-order valence-electron chi connectivity index (χ4n) is 5.03. The third-order valence-electron chi connectivity index (χ3n) is 7.04. The number of carbonyl (C=O) groups excluding carboxylic acids is 2. The lowest BCUT2D eigenvalue weighted by Gasteiger charge is -2.44. The molecule has 3 unspecified atom stereocenters. The smallest absolute Gasteiger partial charge is 0.309 e. The van der Waals surface area contributed by atoms with E-state index in [0.29, 0.717) is 12.8 Å². The van der Waals surface area contributed by atoms with E-state index < -0.39 is 35.7 Å². The van der Waals surface area contributed by atoms with Gasteiger partial charge in [-0.25, -0.2) is 0 Å². The predicted molar refractivity (Wildman–Crippen MR) is 148 cm³/mol. The fourth-order valence-corrected chi connectivity index (χ4v) is 5.03. The largest absolute Gasteiger partial charge is 0.425 e. The third-order valence-corrected chi connectivity index (χ3v) is 7.04. The number of hydrogen-bond donors (Lipinski definition) is 1. The molecule has 2 aromatic rings. The highest BCUT2D eigenvalue weighted by Gasteiger charge is 2.47. The molecule has 37 heavy (non-hydrogen) atoms. The zero-order valence-corrected chi connectivity index (χ0v) is 23.7. The summed E-state index contributed by atoms with van der Waals surface area (Å²) in [5, 5.41) is 11.7.